The molecular weight excluding hydrogens is 1700 g/mol. The Labute approximate surface area is 696 Å². The first-order chi connectivity index (χ1) is 56.5. The van der Waals surface area contributed by atoms with Crippen molar-refractivity contribution in [2.24, 2.45) is 0 Å². The number of amides is 3. The van der Waals surface area contributed by atoms with E-state index in [1.165, 1.54) is 104 Å². The van der Waals surface area contributed by atoms with Crippen LogP contribution in [-0.4, -0.2) is 79.1 Å². The lowest BCUT2D eigenvalue weighted by molar-refractivity contribution is -0.138. The molecule has 0 aliphatic carbocycles. The number of nitrogens with one attached hydrogen (secondary N) is 2. The Morgan fingerprint density at radius 3 is 1.18 bits per heavy atom. The van der Waals surface area contributed by atoms with Gasteiger partial charge in [0, 0.05) is 29.3 Å². The molecule has 123 heavy (non-hydrogen) atoms. The largest absolute Gasteiger partial charge is 0.508 e. The molecule has 2 heterocycles. The van der Waals surface area contributed by atoms with Crippen molar-refractivity contribution in [2.75, 3.05) is 14.2 Å². The van der Waals surface area contributed by atoms with E-state index in [1.807, 2.05) is 19.1 Å². The van der Waals surface area contributed by atoms with Gasteiger partial charge in [-0.1, -0.05) is 45.9 Å². The number of hydroxylamine groups is 2. The minimum atomic E-state index is -4.66. The molecule has 664 valence electrons. The summed E-state index contributed by atoms with van der Waals surface area (Å²) in [4.78, 5) is 69.5. The number of Topliss-reactive ketones (excluding diaryl/α,β-unsaturated/α-hetero) is 1. The number of ketones is 1. The van der Waals surface area contributed by atoms with Gasteiger partial charge in [0.2, 0.25) is 0 Å². The molecule has 10 rings (SSSR count). The first-order valence-corrected chi connectivity index (χ1v) is 36.1. The van der Waals surface area contributed by atoms with Gasteiger partial charge in [0.1, 0.15) is 58.8 Å². The lowest BCUT2D eigenvalue weighted by Crippen LogP contribution is -2.27. The summed E-state index contributed by atoms with van der Waals surface area (Å²) < 4.78 is 255. The monoisotopic (exact) mass is 1780 g/mol. The van der Waals surface area contributed by atoms with Gasteiger partial charge < -0.3 is 44.6 Å². The van der Waals surface area contributed by atoms with Gasteiger partial charge in [-0.05, 0) is 258 Å². The molecule has 0 saturated heterocycles. The van der Waals surface area contributed by atoms with E-state index in [-0.39, 0.29) is 68.1 Å². The quantitative estimate of drug-likeness (QED) is 0.0317. The maximum Gasteiger partial charge on any atom is 0.416 e. The van der Waals surface area contributed by atoms with E-state index in [9.17, 15) is 107 Å². The van der Waals surface area contributed by atoms with E-state index in [0.29, 0.717) is 63.3 Å². The van der Waals surface area contributed by atoms with Gasteiger partial charge in [-0.25, -0.2) is 27.4 Å². The fourth-order valence-corrected chi connectivity index (χ4v) is 10.2. The molecule has 6 N–H and O–H groups in total. The number of hydrogen-bond donors (Lipinski definition) is 6. The molecule has 0 unspecified atom stereocenters. The maximum atomic E-state index is 13.8. The SMILES string of the molecule is C=C(C)c1cc(O)cc(C(F)(F)F)c1.CC(=O)c1cc(C)cc(C(F)(F)F)c1.CC(C)c1cc(O)cc(C(F)(F)F)c1.CON(C)C(=O)c1cc(C)cc(C(F)(F)F)c1.Cc1c(F)cc([C@@H](C)NC(=O)c2coc(Cl)n2)cc1F.Cc1cc(Oc2nc(C(=O)N[C@H](C)c3cc(F)c(C)c(F)c3)co2)cc(C(C)C)c1.O=C(O)c1cc(O)cc(C(F)(F)F)c1. The third-order valence-corrected chi connectivity index (χ3v) is 17.0. The van der Waals surface area contributed by atoms with E-state index < -0.39 is 135 Å². The second-order valence-corrected chi connectivity index (χ2v) is 28.0. The van der Waals surface area contributed by atoms with Crippen molar-refractivity contribution in [3.8, 4) is 29.1 Å². The van der Waals surface area contributed by atoms with Crippen LogP contribution in [0.25, 0.3) is 5.57 Å². The fraction of sp³-hybridized carbons (Fsp3) is 0.282. The van der Waals surface area contributed by atoms with Gasteiger partial charge in [-0.2, -0.15) is 75.8 Å². The second kappa shape index (κ2) is 43.4. The summed E-state index contributed by atoms with van der Waals surface area (Å²) in [6.07, 6.45) is -20.2. The minimum absolute atomic E-state index is 0.00152. The number of phenols is 3. The Morgan fingerprint density at radius 2 is 0.797 bits per heavy atom. The van der Waals surface area contributed by atoms with Crippen molar-refractivity contribution < 1.29 is 146 Å². The van der Waals surface area contributed by atoms with Crippen molar-refractivity contribution in [1.29, 1.82) is 0 Å². The smallest absolute Gasteiger partial charge is 0.416 e. The normalized spacial score (nSPS) is 11.8. The number of halogens is 20. The van der Waals surface area contributed by atoms with Crippen LogP contribution in [-0.2, 0) is 35.7 Å². The van der Waals surface area contributed by atoms with Crippen LogP contribution in [0.4, 0.5) is 83.4 Å². The number of rotatable bonds is 15. The van der Waals surface area contributed by atoms with E-state index in [0.717, 1.165) is 71.0 Å². The number of oxazole rings is 2. The molecule has 0 saturated carbocycles. The number of aromatic nitrogens is 2. The highest BCUT2D eigenvalue weighted by atomic mass is 35.5. The molecule has 8 aromatic carbocycles. The van der Waals surface area contributed by atoms with E-state index >= 15 is 0 Å². The summed E-state index contributed by atoms with van der Waals surface area (Å²) in [5, 5.41) is 41.3. The van der Waals surface area contributed by atoms with Gasteiger partial charge in [0.25, 0.3) is 23.1 Å². The number of hydrogen-bond acceptors (Lipinski definition) is 14. The molecule has 0 fully saturated rings. The number of carbonyl (C=O) groups excluding carboxylic acids is 4. The summed E-state index contributed by atoms with van der Waals surface area (Å²) in [6.45, 7) is 25.0. The van der Waals surface area contributed by atoms with Crippen molar-refractivity contribution >= 4 is 46.6 Å². The molecule has 0 radical (unpaired) electrons. The van der Waals surface area contributed by atoms with Crippen LogP contribution in [0.2, 0.25) is 5.35 Å². The minimum Gasteiger partial charge on any atom is -0.508 e. The molecule has 0 aliphatic heterocycles. The van der Waals surface area contributed by atoms with Gasteiger partial charge in [0.05, 0.1) is 52.6 Å². The maximum absolute atomic E-state index is 13.8. The summed E-state index contributed by atoms with van der Waals surface area (Å²) in [5.41, 5.74) is -0.333. The van der Waals surface area contributed by atoms with Crippen molar-refractivity contribution in [3.63, 3.8) is 0 Å². The molecule has 3 amide bonds. The summed E-state index contributed by atoms with van der Waals surface area (Å²) in [6, 6.07) is 23.6. The van der Waals surface area contributed by atoms with Crippen LogP contribution in [0.15, 0.2) is 161 Å². The Hall–Kier alpha value is -12.4. The summed E-state index contributed by atoms with van der Waals surface area (Å²) in [5.74, 6) is -6.87. The van der Waals surface area contributed by atoms with Crippen LogP contribution in [0.5, 0.6) is 29.1 Å². The number of alkyl halides is 15. The van der Waals surface area contributed by atoms with Crippen LogP contribution in [0.3, 0.4) is 0 Å². The number of aromatic carboxylic acids is 1. The van der Waals surface area contributed by atoms with Gasteiger partial charge in [-0.15, -0.1) is 0 Å². The van der Waals surface area contributed by atoms with Crippen LogP contribution in [0.1, 0.15) is 215 Å². The lowest BCUT2D eigenvalue weighted by atomic mass is 10.0. The third kappa shape index (κ3) is 32.5. The molecular formula is C85H81ClF19N5O13. The standard InChI is InChI=1S/C23H24F2N2O3.C13H11ClF2N2O2.C11H12F3NO2.C10H9F3O.C10H11F3O.C10H9F3O.C8H5F3O3/c1-12(2)16-6-13(3)7-18(8-16)30-23-27-21(11-29-23)22(28)26-15(5)17-9-19(24)14(4)20(25)10-17;1-6-9(15)3-8(4-10(6)16)7(2)17-12(19)11-5-20-13(14)18-11;1-7-4-8(10(16)15(2)17-3)6-9(5-7)11(12,13)14;1-6-3-8(7(2)14)5-9(4-6)10(11,12)13;2*1-6(2)7-3-8(10(11,12)13)5-9(14)4-7;9-8(10,11)5-1-4(7(13)14)2-6(12)3-5/h6-12,15H,1-5H3,(H,26,28);3-5,7H,1-2H3,(H,17,19);4-6H,1-3H3;3-5H,1-2H3;3-6,14H,1-2H3;3-5,14H,1H2,2H3;1-3,12H,(H,13,14)/t15-;7-;;;;;/m11...../s1. The Kier molecular flexibility index (Phi) is 36.3. The second-order valence-electron chi connectivity index (χ2n) is 27.7. The van der Waals surface area contributed by atoms with E-state index in [2.05, 4.69) is 51.9 Å². The Balaban J connectivity index is 0.000000308. The van der Waals surface area contributed by atoms with Crippen LogP contribution < -0.4 is 15.4 Å². The van der Waals surface area contributed by atoms with Crippen molar-refractivity contribution in [3.05, 3.63) is 293 Å². The first-order valence-electron chi connectivity index (χ1n) is 35.7. The molecule has 38 heteroatoms. The number of benzene rings is 8. The first kappa shape index (κ1) is 103. The Morgan fingerprint density at radius 1 is 0.447 bits per heavy atom. The highest BCUT2D eigenvalue weighted by Gasteiger charge is 2.36. The van der Waals surface area contributed by atoms with Gasteiger partial charge in [-0.3, -0.25) is 24.0 Å². The predicted octanol–water partition coefficient (Wildman–Crippen LogP) is 24.3. The predicted molar refractivity (Wildman–Crippen MR) is 414 cm³/mol. The lowest BCUT2D eigenvalue weighted by Gasteiger charge is -2.15. The highest BCUT2D eigenvalue weighted by molar-refractivity contribution is 6.27. The molecule has 2 atom stereocenters. The number of carbonyl (C=O) groups is 5. The molecule has 0 aliphatic rings. The number of phenolic OH excluding ortho intramolecular Hbond substituents is 3. The molecule has 10 aromatic rings. The van der Waals surface area contributed by atoms with Crippen LogP contribution in [0, 0.1) is 57.9 Å². The zero-order chi connectivity index (χ0) is 93.8. The van der Waals surface area contributed by atoms with E-state index in [4.69, 9.17) is 45.6 Å². The van der Waals surface area contributed by atoms with Crippen molar-refractivity contribution in [1.82, 2.24) is 25.7 Å². The fourth-order valence-electron chi connectivity index (χ4n) is 10.1. The number of allylic oxidation sites excluding steroid dienone is 1. The zero-order valence-corrected chi connectivity index (χ0v) is 68.5. The average molecular weight is 1780 g/mol. The van der Waals surface area contributed by atoms with Gasteiger partial charge in [0.15, 0.2) is 17.2 Å². The highest BCUT2D eigenvalue weighted by Crippen LogP contribution is 2.38. The van der Waals surface area contributed by atoms with Gasteiger partial charge >= 0.3 is 42.9 Å². The molecule has 0 bridgehead atoms. The number of aromatic hydroxyl groups is 3. The Bertz CT molecular complexity index is 5170. The molecule has 18 nitrogen and oxygen atoms in total. The molecule has 0 spiro atoms. The topological polar surface area (TPSA) is 264 Å². The third-order valence-electron chi connectivity index (χ3n) is 16.9. The average Bonchev–Trinajstić information content (AvgIpc) is 0.900. The number of ether oxygens (including phenoxy) is 1. The van der Waals surface area contributed by atoms with Crippen LogP contribution >= 0.6 is 11.6 Å². The summed E-state index contributed by atoms with van der Waals surface area (Å²) in [7, 11) is 2.59. The number of aryl methyl sites for hydroxylation is 3. The number of carboxylic acids is 1. The molecule has 2 aromatic heterocycles. The summed E-state index contributed by atoms with van der Waals surface area (Å²) >= 11 is 5.46. The number of carboxylic acid groups (broad SMARTS) is 1. The van der Waals surface area contributed by atoms with Crippen molar-refractivity contribution in [2.45, 2.75) is 145 Å². The zero-order valence-electron chi connectivity index (χ0n) is 67.7. The number of nitrogens with zero attached hydrogens (tertiary/aromatic N) is 3. The van der Waals surface area contributed by atoms with E-state index in [1.54, 1.807) is 34.6 Å².